The van der Waals surface area contributed by atoms with Gasteiger partial charge in [-0.3, -0.25) is 0 Å². The third-order valence-corrected chi connectivity index (χ3v) is 3.99. The second kappa shape index (κ2) is 7.50. The molecule has 1 aliphatic heterocycles. The number of hydrogen-bond donors (Lipinski definition) is 1. The van der Waals surface area contributed by atoms with Crippen LogP contribution in [0.5, 0.6) is 11.5 Å². The largest absolute Gasteiger partial charge is 0.497 e. The molecule has 1 aromatic rings. The standard InChI is InChI=1S/C16H26N2O2/c1-4-15-13(5-8-18-9-6-17-7-10-18)11-14(19-2)12-16(15)20-3/h11-12,17H,4-10H2,1-3H3. The summed E-state index contributed by atoms with van der Waals surface area (Å²) in [6.07, 6.45) is 2.04. The molecule has 1 aromatic carbocycles. The van der Waals surface area contributed by atoms with Crippen molar-refractivity contribution >= 4 is 0 Å². The Hall–Kier alpha value is -1.26. The van der Waals surface area contributed by atoms with Crippen LogP contribution in [0.4, 0.5) is 0 Å². The van der Waals surface area contributed by atoms with Gasteiger partial charge in [0.25, 0.3) is 0 Å². The molecule has 4 nitrogen and oxygen atoms in total. The number of benzene rings is 1. The molecular weight excluding hydrogens is 252 g/mol. The molecule has 0 radical (unpaired) electrons. The normalized spacial score (nSPS) is 16.1. The van der Waals surface area contributed by atoms with E-state index in [-0.39, 0.29) is 0 Å². The highest BCUT2D eigenvalue weighted by Gasteiger charge is 2.14. The zero-order valence-electron chi connectivity index (χ0n) is 12.9. The molecule has 0 aliphatic carbocycles. The maximum Gasteiger partial charge on any atom is 0.126 e. The Labute approximate surface area is 122 Å². The van der Waals surface area contributed by atoms with Crippen molar-refractivity contribution in [3.8, 4) is 11.5 Å². The lowest BCUT2D eigenvalue weighted by atomic mass is 10.00. The van der Waals surface area contributed by atoms with Gasteiger partial charge in [-0.25, -0.2) is 0 Å². The number of rotatable bonds is 6. The fourth-order valence-corrected chi connectivity index (χ4v) is 2.81. The van der Waals surface area contributed by atoms with Gasteiger partial charge < -0.3 is 19.7 Å². The molecule has 1 saturated heterocycles. The average molecular weight is 278 g/mol. The smallest absolute Gasteiger partial charge is 0.126 e. The van der Waals surface area contributed by atoms with E-state index in [2.05, 4.69) is 23.2 Å². The van der Waals surface area contributed by atoms with Gasteiger partial charge in [-0.2, -0.15) is 0 Å². The summed E-state index contributed by atoms with van der Waals surface area (Å²) in [6, 6.07) is 4.14. The van der Waals surface area contributed by atoms with E-state index < -0.39 is 0 Å². The quantitative estimate of drug-likeness (QED) is 0.859. The lowest BCUT2D eigenvalue weighted by Crippen LogP contribution is -2.44. The minimum Gasteiger partial charge on any atom is -0.497 e. The number of nitrogens with zero attached hydrogens (tertiary/aromatic N) is 1. The number of nitrogens with one attached hydrogen (secondary N) is 1. The molecule has 4 heteroatoms. The Morgan fingerprint density at radius 3 is 2.50 bits per heavy atom. The van der Waals surface area contributed by atoms with Gasteiger partial charge in [0.05, 0.1) is 14.2 Å². The molecule has 1 aliphatic rings. The molecule has 2 rings (SSSR count). The zero-order chi connectivity index (χ0) is 14.4. The lowest BCUT2D eigenvalue weighted by molar-refractivity contribution is 0.243. The van der Waals surface area contributed by atoms with Crippen molar-refractivity contribution in [3.63, 3.8) is 0 Å². The van der Waals surface area contributed by atoms with Gasteiger partial charge in [-0.05, 0) is 30.0 Å². The number of ether oxygens (including phenoxy) is 2. The third kappa shape index (κ3) is 3.64. The molecule has 0 aromatic heterocycles. The first kappa shape index (κ1) is 15.1. The Morgan fingerprint density at radius 2 is 1.90 bits per heavy atom. The van der Waals surface area contributed by atoms with Crippen LogP contribution < -0.4 is 14.8 Å². The molecule has 0 unspecified atom stereocenters. The molecule has 0 saturated carbocycles. The minimum absolute atomic E-state index is 0.884. The summed E-state index contributed by atoms with van der Waals surface area (Å²) in [5, 5.41) is 3.39. The van der Waals surface area contributed by atoms with E-state index in [0.29, 0.717) is 0 Å². The summed E-state index contributed by atoms with van der Waals surface area (Å²) in [7, 11) is 3.44. The second-order valence-corrected chi connectivity index (χ2v) is 5.16. The predicted octanol–water partition coefficient (Wildman–Crippen LogP) is 1.71. The van der Waals surface area contributed by atoms with E-state index in [1.54, 1.807) is 14.2 Å². The number of piperazine rings is 1. The van der Waals surface area contributed by atoms with Gasteiger partial charge >= 0.3 is 0 Å². The molecule has 20 heavy (non-hydrogen) atoms. The fraction of sp³-hybridized carbons (Fsp3) is 0.625. The Morgan fingerprint density at radius 1 is 1.15 bits per heavy atom. The van der Waals surface area contributed by atoms with E-state index in [1.807, 2.05) is 6.07 Å². The zero-order valence-corrected chi connectivity index (χ0v) is 12.9. The Balaban J connectivity index is 2.11. The predicted molar refractivity (Wildman–Crippen MR) is 81.9 cm³/mol. The van der Waals surface area contributed by atoms with Gasteiger partial charge in [0.15, 0.2) is 0 Å². The van der Waals surface area contributed by atoms with Crippen LogP contribution >= 0.6 is 0 Å². The summed E-state index contributed by atoms with van der Waals surface area (Å²) >= 11 is 0. The maximum absolute atomic E-state index is 5.51. The number of methoxy groups -OCH3 is 2. The van der Waals surface area contributed by atoms with Crippen molar-refractivity contribution in [2.45, 2.75) is 19.8 Å². The minimum atomic E-state index is 0.884. The molecule has 112 valence electrons. The topological polar surface area (TPSA) is 33.7 Å². The molecule has 0 bridgehead atoms. The van der Waals surface area contributed by atoms with Crippen LogP contribution in [0, 0.1) is 0 Å². The first-order valence-electron chi connectivity index (χ1n) is 7.45. The van der Waals surface area contributed by atoms with Gasteiger partial charge in [-0.1, -0.05) is 6.92 Å². The first-order valence-corrected chi connectivity index (χ1v) is 7.45. The molecular formula is C16H26N2O2. The van der Waals surface area contributed by atoms with Crippen molar-refractivity contribution in [1.29, 1.82) is 0 Å². The lowest BCUT2D eigenvalue weighted by Gasteiger charge is -2.27. The first-order chi connectivity index (χ1) is 9.78. The van der Waals surface area contributed by atoms with Crippen LogP contribution in [0.15, 0.2) is 12.1 Å². The Bertz CT molecular complexity index is 429. The highest BCUT2D eigenvalue weighted by atomic mass is 16.5. The van der Waals surface area contributed by atoms with E-state index >= 15 is 0 Å². The summed E-state index contributed by atoms with van der Waals surface area (Å²) in [6.45, 7) is 7.76. The molecule has 1 heterocycles. The van der Waals surface area contributed by atoms with Crippen molar-refractivity contribution in [2.24, 2.45) is 0 Å². The Kier molecular flexibility index (Phi) is 5.68. The van der Waals surface area contributed by atoms with Gasteiger partial charge in [0.2, 0.25) is 0 Å². The number of hydrogen-bond acceptors (Lipinski definition) is 4. The van der Waals surface area contributed by atoms with Crippen LogP contribution in [-0.2, 0) is 12.8 Å². The van der Waals surface area contributed by atoms with Crippen LogP contribution in [0.2, 0.25) is 0 Å². The molecule has 0 amide bonds. The van der Waals surface area contributed by atoms with Gasteiger partial charge in [-0.15, -0.1) is 0 Å². The van der Waals surface area contributed by atoms with Crippen molar-refractivity contribution in [2.75, 3.05) is 46.9 Å². The van der Waals surface area contributed by atoms with Crippen LogP contribution in [0.3, 0.4) is 0 Å². The van der Waals surface area contributed by atoms with Crippen LogP contribution in [0.1, 0.15) is 18.1 Å². The van der Waals surface area contributed by atoms with E-state index in [1.165, 1.54) is 11.1 Å². The van der Waals surface area contributed by atoms with Crippen molar-refractivity contribution in [3.05, 3.63) is 23.3 Å². The van der Waals surface area contributed by atoms with Gasteiger partial charge in [0.1, 0.15) is 11.5 Å². The fourth-order valence-electron chi connectivity index (χ4n) is 2.81. The molecule has 0 spiro atoms. The summed E-state index contributed by atoms with van der Waals surface area (Å²) in [4.78, 5) is 2.52. The average Bonchev–Trinajstić information content (AvgIpc) is 2.52. The summed E-state index contributed by atoms with van der Waals surface area (Å²) < 4.78 is 10.9. The molecule has 1 fully saturated rings. The summed E-state index contributed by atoms with van der Waals surface area (Å²) in [5.41, 5.74) is 2.66. The summed E-state index contributed by atoms with van der Waals surface area (Å²) in [5.74, 6) is 1.83. The second-order valence-electron chi connectivity index (χ2n) is 5.16. The molecule has 0 atom stereocenters. The van der Waals surface area contributed by atoms with Crippen LogP contribution in [-0.4, -0.2) is 51.8 Å². The van der Waals surface area contributed by atoms with E-state index in [9.17, 15) is 0 Å². The highest BCUT2D eigenvalue weighted by Crippen LogP contribution is 2.29. The monoisotopic (exact) mass is 278 g/mol. The highest BCUT2D eigenvalue weighted by molar-refractivity contribution is 5.47. The third-order valence-electron chi connectivity index (χ3n) is 3.99. The van der Waals surface area contributed by atoms with Crippen LogP contribution in [0.25, 0.3) is 0 Å². The van der Waals surface area contributed by atoms with Crippen molar-refractivity contribution in [1.82, 2.24) is 10.2 Å². The van der Waals surface area contributed by atoms with E-state index in [4.69, 9.17) is 9.47 Å². The molecule has 1 N–H and O–H groups in total. The SMILES string of the molecule is CCc1c(CCN2CCNCC2)cc(OC)cc1OC. The maximum atomic E-state index is 5.51. The van der Waals surface area contributed by atoms with E-state index in [0.717, 1.165) is 57.1 Å². The van der Waals surface area contributed by atoms with Crippen molar-refractivity contribution < 1.29 is 9.47 Å². The van der Waals surface area contributed by atoms with Gasteiger partial charge in [0, 0.05) is 38.8 Å².